The Bertz CT molecular complexity index is 331. The highest BCUT2D eigenvalue weighted by atomic mass is 16.5. The Morgan fingerprint density at radius 1 is 1.40 bits per heavy atom. The largest absolute Gasteiger partial charge is 0.496 e. The van der Waals surface area contributed by atoms with Gasteiger partial charge in [-0.3, -0.25) is 0 Å². The van der Waals surface area contributed by atoms with Crippen molar-refractivity contribution < 1.29 is 4.74 Å². The van der Waals surface area contributed by atoms with Crippen LogP contribution in [0.1, 0.15) is 17.5 Å². The van der Waals surface area contributed by atoms with E-state index in [1.165, 1.54) is 5.56 Å². The molecule has 1 rings (SSSR count). The molecule has 0 bridgehead atoms. The molecular formula is C13H19NO. The summed E-state index contributed by atoms with van der Waals surface area (Å²) in [5.74, 6) is 0.932. The average molecular weight is 205 g/mol. The Hall–Kier alpha value is -1.28. The zero-order chi connectivity index (χ0) is 11.1. The topological polar surface area (TPSA) is 21.3 Å². The normalized spacial score (nSPS) is 10.9. The van der Waals surface area contributed by atoms with E-state index < -0.39 is 0 Å². The summed E-state index contributed by atoms with van der Waals surface area (Å²) in [5, 5.41) is 3.11. The summed E-state index contributed by atoms with van der Waals surface area (Å²) in [6, 6.07) is 6.20. The molecule has 0 radical (unpaired) electrons. The molecule has 0 amide bonds. The quantitative estimate of drug-likeness (QED) is 0.746. The number of aryl methyl sites for hydroxylation is 1. The Morgan fingerprint density at radius 3 is 2.87 bits per heavy atom. The Labute approximate surface area is 92.0 Å². The number of nitrogens with one attached hydrogen (secondary N) is 1. The number of methoxy groups -OCH3 is 1. The van der Waals surface area contributed by atoms with E-state index in [2.05, 4.69) is 36.5 Å². The van der Waals surface area contributed by atoms with E-state index in [0.29, 0.717) is 0 Å². The van der Waals surface area contributed by atoms with Gasteiger partial charge in [0.1, 0.15) is 5.75 Å². The summed E-state index contributed by atoms with van der Waals surface area (Å²) in [7, 11) is 3.66. The number of benzene rings is 1. The van der Waals surface area contributed by atoms with Crippen molar-refractivity contribution in [2.24, 2.45) is 0 Å². The fourth-order valence-corrected chi connectivity index (χ4v) is 1.42. The van der Waals surface area contributed by atoms with Gasteiger partial charge in [0, 0.05) is 5.56 Å². The maximum Gasteiger partial charge on any atom is 0.126 e. The molecular weight excluding hydrogens is 186 g/mol. The zero-order valence-corrected chi connectivity index (χ0v) is 9.71. The first-order valence-electron chi connectivity index (χ1n) is 5.23. The maximum absolute atomic E-state index is 5.29. The molecule has 0 aliphatic rings. The molecule has 1 aromatic carbocycles. The molecule has 0 saturated carbocycles. The molecule has 15 heavy (non-hydrogen) atoms. The second kappa shape index (κ2) is 6.25. The second-order valence-electron chi connectivity index (χ2n) is 3.54. The molecule has 0 heterocycles. The third-order valence-electron chi connectivity index (χ3n) is 2.24. The van der Waals surface area contributed by atoms with Crippen molar-refractivity contribution in [3.05, 3.63) is 35.4 Å². The lowest BCUT2D eigenvalue weighted by atomic mass is 10.1. The van der Waals surface area contributed by atoms with Crippen LogP contribution in [0.2, 0.25) is 0 Å². The van der Waals surface area contributed by atoms with Crippen LogP contribution in [0.3, 0.4) is 0 Å². The maximum atomic E-state index is 5.29. The van der Waals surface area contributed by atoms with Crippen LogP contribution in [0.15, 0.2) is 24.3 Å². The molecule has 0 atom stereocenters. The van der Waals surface area contributed by atoms with E-state index in [-0.39, 0.29) is 0 Å². The molecule has 0 fully saturated rings. The number of hydrogen-bond donors (Lipinski definition) is 1. The van der Waals surface area contributed by atoms with Gasteiger partial charge >= 0.3 is 0 Å². The first kappa shape index (κ1) is 11.8. The van der Waals surface area contributed by atoms with Crippen LogP contribution >= 0.6 is 0 Å². The van der Waals surface area contributed by atoms with Gasteiger partial charge in [0.15, 0.2) is 0 Å². The highest BCUT2D eigenvalue weighted by Gasteiger charge is 1.98. The first-order valence-corrected chi connectivity index (χ1v) is 5.23. The Morgan fingerprint density at radius 2 is 2.20 bits per heavy atom. The van der Waals surface area contributed by atoms with Crippen LogP contribution < -0.4 is 10.1 Å². The number of hydrogen-bond acceptors (Lipinski definition) is 2. The van der Waals surface area contributed by atoms with Crippen molar-refractivity contribution in [1.82, 2.24) is 5.32 Å². The fraction of sp³-hybridized carbons (Fsp3) is 0.385. The monoisotopic (exact) mass is 205 g/mol. The lowest BCUT2D eigenvalue weighted by Gasteiger charge is -2.05. The van der Waals surface area contributed by atoms with Crippen LogP contribution in [-0.2, 0) is 0 Å². The summed E-state index contributed by atoms with van der Waals surface area (Å²) in [5.41, 5.74) is 2.40. The molecule has 2 nitrogen and oxygen atoms in total. The minimum Gasteiger partial charge on any atom is -0.496 e. The van der Waals surface area contributed by atoms with E-state index in [1.807, 2.05) is 13.1 Å². The van der Waals surface area contributed by atoms with Crippen LogP contribution in [0.5, 0.6) is 5.75 Å². The third kappa shape index (κ3) is 3.76. The van der Waals surface area contributed by atoms with Gasteiger partial charge in [-0.2, -0.15) is 0 Å². The SMILES string of the molecule is CNCCC=Cc1cc(C)ccc1OC. The number of rotatable bonds is 5. The first-order chi connectivity index (χ1) is 7.27. The van der Waals surface area contributed by atoms with Crippen LogP contribution in [0, 0.1) is 6.92 Å². The van der Waals surface area contributed by atoms with Gasteiger partial charge in [-0.1, -0.05) is 23.8 Å². The highest BCUT2D eigenvalue weighted by molar-refractivity contribution is 5.58. The molecule has 0 unspecified atom stereocenters. The van der Waals surface area contributed by atoms with E-state index in [4.69, 9.17) is 4.74 Å². The van der Waals surface area contributed by atoms with Crippen molar-refractivity contribution in [2.75, 3.05) is 20.7 Å². The van der Waals surface area contributed by atoms with Crippen molar-refractivity contribution in [3.8, 4) is 5.75 Å². The van der Waals surface area contributed by atoms with Gasteiger partial charge in [-0.05, 0) is 39.1 Å². The minimum atomic E-state index is 0.932. The van der Waals surface area contributed by atoms with E-state index in [1.54, 1.807) is 7.11 Å². The van der Waals surface area contributed by atoms with Gasteiger partial charge in [0.05, 0.1) is 7.11 Å². The molecule has 1 N–H and O–H groups in total. The lowest BCUT2D eigenvalue weighted by Crippen LogP contribution is -2.05. The minimum absolute atomic E-state index is 0.932. The zero-order valence-electron chi connectivity index (χ0n) is 9.71. The number of ether oxygens (including phenoxy) is 1. The molecule has 2 heteroatoms. The van der Waals surface area contributed by atoms with E-state index in [0.717, 1.165) is 24.3 Å². The Kier molecular flexibility index (Phi) is 4.91. The van der Waals surface area contributed by atoms with Crippen LogP contribution in [-0.4, -0.2) is 20.7 Å². The molecule has 0 saturated heterocycles. The molecule has 0 aliphatic heterocycles. The standard InChI is InChI=1S/C13H19NO/c1-11-7-8-13(15-3)12(10-11)6-4-5-9-14-2/h4,6-8,10,14H,5,9H2,1-3H3. The van der Waals surface area contributed by atoms with Crippen molar-refractivity contribution in [3.63, 3.8) is 0 Å². The highest BCUT2D eigenvalue weighted by Crippen LogP contribution is 2.20. The fourth-order valence-electron chi connectivity index (χ4n) is 1.42. The summed E-state index contributed by atoms with van der Waals surface area (Å²) in [6.07, 6.45) is 5.31. The lowest BCUT2D eigenvalue weighted by molar-refractivity contribution is 0.413. The molecule has 0 aliphatic carbocycles. The van der Waals surface area contributed by atoms with Crippen molar-refractivity contribution >= 4 is 6.08 Å². The summed E-state index contributed by atoms with van der Waals surface area (Å²) in [6.45, 7) is 3.09. The predicted molar refractivity (Wildman–Crippen MR) is 65.3 cm³/mol. The molecule has 1 aromatic rings. The van der Waals surface area contributed by atoms with E-state index in [9.17, 15) is 0 Å². The van der Waals surface area contributed by atoms with Crippen molar-refractivity contribution in [1.29, 1.82) is 0 Å². The van der Waals surface area contributed by atoms with Gasteiger partial charge in [0.25, 0.3) is 0 Å². The predicted octanol–water partition coefficient (Wildman–Crippen LogP) is 2.63. The van der Waals surface area contributed by atoms with Crippen molar-refractivity contribution in [2.45, 2.75) is 13.3 Å². The summed E-state index contributed by atoms with van der Waals surface area (Å²) in [4.78, 5) is 0. The molecule has 82 valence electrons. The van der Waals surface area contributed by atoms with Gasteiger partial charge < -0.3 is 10.1 Å². The van der Waals surface area contributed by atoms with Gasteiger partial charge in [-0.25, -0.2) is 0 Å². The third-order valence-corrected chi connectivity index (χ3v) is 2.24. The van der Waals surface area contributed by atoms with Crippen LogP contribution in [0.4, 0.5) is 0 Å². The Balaban J connectivity index is 2.73. The second-order valence-corrected chi connectivity index (χ2v) is 3.54. The average Bonchev–Trinajstić information content (AvgIpc) is 2.25. The van der Waals surface area contributed by atoms with Gasteiger partial charge in [-0.15, -0.1) is 0 Å². The van der Waals surface area contributed by atoms with Gasteiger partial charge in [0.2, 0.25) is 0 Å². The summed E-state index contributed by atoms with van der Waals surface area (Å²) >= 11 is 0. The van der Waals surface area contributed by atoms with E-state index >= 15 is 0 Å². The smallest absolute Gasteiger partial charge is 0.126 e. The van der Waals surface area contributed by atoms with Crippen LogP contribution in [0.25, 0.3) is 6.08 Å². The molecule has 0 spiro atoms. The summed E-state index contributed by atoms with van der Waals surface area (Å²) < 4.78 is 5.29. The molecule has 0 aromatic heterocycles.